The fraction of sp³-hybridized carbons (Fsp3) is 0.417. The second kappa shape index (κ2) is 8.70. The molecule has 1 aliphatic carbocycles. The molecule has 2 aliphatic rings. The minimum atomic E-state index is -0.0499. The van der Waals surface area contributed by atoms with Gasteiger partial charge >= 0.3 is 0 Å². The van der Waals surface area contributed by atoms with Gasteiger partial charge in [0, 0.05) is 49.5 Å². The van der Waals surface area contributed by atoms with Crippen molar-refractivity contribution in [2.75, 3.05) is 13.8 Å². The van der Waals surface area contributed by atoms with Gasteiger partial charge < -0.3 is 24.1 Å². The van der Waals surface area contributed by atoms with Gasteiger partial charge in [0.15, 0.2) is 17.2 Å². The Kier molecular flexibility index (Phi) is 5.61. The van der Waals surface area contributed by atoms with Crippen LogP contribution in [-0.2, 0) is 32.5 Å². The van der Waals surface area contributed by atoms with Crippen LogP contribution in [0, 0.1) is 0 Å². The molecule has 1 aliphatic heterocycles. The summed E-state index contributed by atoms with van der Waals surface area (Å²) in [6.45, 7) is 4.35. The molecule has 2 aromatic heterocycles. The molecule has 0 spiro atoms. The summed E-state index contributed by atoms with van der Waals surface area (Å²) in [6.07, 6.45) is 6.01. The number of hydrogen-bond donors (Lipinski definition) is 1. The van der Waals surface area contributed by atoms with E-state index in [1.807, 2.05) is 29.9 Å². The fourth-order valence-electron chi connectivity index (χ4n) is 4.52. The Morgan fingerprint density at radius 2 is 2.12 bits per heavy atom. The van der Waals surface area contributed by atoms with Gasteiger partial charge in [-0.15, -0.1) is 0 Å². The maximum absolute atomic E-state index is 13.2. The number of aryl methyl sites for hydroxylation is 1. The van der Waals surface area contributed by atoms with E-state index in [0.29, 0.717) is 12.2 Å². The lowest BCUT2D eigenvalue weighted by atomic mass is 9.91. The number of hydrogen-bond acceptors (Lipinski definition) is 6. The third kappa shape index (κ3) is 3.98. The zero-order valence-electron chi connectivity index (χ0n) is 18.5. The van der Waals surface area contributed by atoms with Crippen LogP contribution in [0.2, 0.25) is 0 Å². The summed E-state index contributed by atoms with van der Waals surface area (Å²) in [7, 11) is 1.81. The Labute approximate surface area is 187 Å². The maximum atomic E-state index is 13.2. The van der Waals surface area contributed by atoms with Crippen molar-refractivity contribution < 1.29 is 18.7 Å². The molecule has 1 unspecified atom stereocenters. The number of ether oxygens (including phenoxy) is 2. The second-order valence-electron chi connectivity index (χ2n) is 8.39. The molecule has 1 amide bonds. The molecule has 32 heavy (non-hydrogen) atoms. The van der Waals surface area contributed by atoms with E-state index in [1.54, 1.807) is 17.4 Å². The van der Waals surface area contributed by atoms with Gasteiger partial charge in [0.25, 0.3) is 5.91 Å². The highest BCUT2D eigenvalue weighted by Crippen LogP contribution is 2.32. The summed E-state index contributed by atoms with van der Waals surface area (Å²) >= 11 is 0. The van der Waals surface area contributed by atoms with Crippen molar-refractivity contribution in [3.05, 3.63) is 64.9 Å². The van der Waals surface area contributed by atoms with E-state index in [2.05, 4.69) is 18.3 Å². The molecule has 0 radical (unpaired) electrons. The summed E-state index contributed by atoms with van der Waals surface area (Å²) in [5.74, 6) is 1.55. The lowest BCUT2D eigenvalue weighted by Crippen LogP contribution is -2.35. The molecule has 0 bridgehead atoms. The predicted octanol–water partition coefficient (Wildman–Crippen LogP) is 3.14. The Bertz CT molecular complexity index is 1110. The topological polar surface area (TPSA) is 81.8 Å². The summed E-state index contributed by atoms with van der Waals surface area (Å²) in [5.41, 5.74) is 4.95. The van der Waals surface area contributed by atoms with Crippen LogP contribution >= 0.6 is 0 Å². The minimum absolute atomic E-state index is 0.0499. The van der Waals surface area contributed by atoms with Crippen molar-refractivity contribution in [2.24, 2.45) is 0 Å². The van der Waals surface area contributed by atoms with E-state index in [0.717, 1.165) is 60.5 Å². The molecule has 3 heterocycles. The number of furan rings is 1. The van der Waals surface area contributed by atoms with Crippen LogP contribution in [0.5, 0.6) is 11.5 Å². The number of nitrogens with one attached hydrogen (secondary N) is 1. The molecule has 3 aromatic rings. The molecule has 8 heteroatoms. The van der Waals surface area contributed by atoms with Crippen LogP contribution < -0.4 is 14.8 Å². The van der Waals surface area contributed by atoms with Crippen molar-refractivity contribution in [1.82, 2.24) is 20.0 Å². The summed E-state index contributed by atoms with van der Waals surface area (Å²) < 4.78 is 18.0. The first kappa shape index (κ1) is 20.6. The number of benzene rings is 1. The molecule has 0 fully saturated rings. The normalized spacial score (nSPS) is 16.8. The molecule has 0 saturated carbocycles. The lowest BCUT2D eigenvalue weighted by molar-refractivity contribution is 0.0777. The van der Waals surface area contributed by atoms with Crippen LogP contribution in [0.25, 0.3) is 0 Å². The molecule has 1 N–H and O–H groups in total. The summed E-state index contributed by atoms with van der Waals surface area (Å²) in [6, 6.07) is 8.20. The lowest BCUT2D eigenvalue weighted by Gasteiger charge is -2.25. The molecule has 1 atom stereocenters. The fourth-order valence-corrected chi connectivity index (χ4v) is 4.52. The van der Waals surface area contributed by atoms with Crippen LogP contribution in [0.15, 0.2) is 41.2 Å². The van der Waals surface area contributed by atoms with Crippen molar-refractivity contribution in [3.8, 4) is 11.5 Å². The Morgan fingerprint density at radius 3 is 2.94 bits per heavy atom. The third-order valence-corrected chi connectivity index (χ3v) is 6.23. The summed E-state index contributed by atoms with van der Waals surface area (Å²) in [5, 5.41) is 8.35. The largest absolute Gasteiger partial charge is 0.472 e. The van der Waals surface area contributed by atoms with Gasteiger partial charge in [0.2, 0.25) is 6.79 Å². The van der Waals surface area contributed by atoms with Gasteiger partial charge in [-0.25, -0.2) is 0 Å². The maximum Gasteiger partial charge on any atom is 0.274 e. The van der Waals surface area contributed by atoms with Gasteiger partial charge in [0.1, 0.15) is 0 Å². The zero-order valence-corrected chi connectivity index (χ0v) is 18.5. The van der Waals surface area contributed by atoms with E-state index in [4.69, 9.17) is 19.0 Å². The highest BCUT2D eigenvalue weighted by molar-refractivity contribution is 5.94. The highest BCUT2D eigenvalue weighted by atomic mass is 16.7. The third-order valence-electron chi connectivity index (χ3n) is 6.23. The monoisotopic (exact) mass is 436 g/mol. The number of carbonyl (C=O) groups is 1. The standard InChI is InChI=1S/C24H28N4O4/c1-3-28-20-6-5-18(25-12-16-4-7-21-22(10-16)32-15-31-21)11-19(20)23(26-28)24(29)27(2)13-17-8-9-30-14-17/h4,7-10,14,18,25H,3,5-6,11-13,15H2,1-2H3. The Balaban J connectivity index is 1.29. The number of fused-ring (bicyclic) bond motifs is 2. The van der Waals surface area contributed by atoms with Gasteiger partial charge in [-0.2, -0.15) is 5.10 Å². The van der Waals surface area contributed by atoms with Gasteiger partial charge in [0.05, 0.1) is 12.5 Å². The average Bonchev–Trinajstić information content (AvgIpc) is 3.56. The van der Waals surface area contributed by atoms with E-state index in [-0.39, 0.29) is 18.7 Å². The first-order valence-corrected chi connectivity index (χ1v) is 11.1. The quantitative estimate of drug-likeness (QED) is 0.613. The molecule has 0 saturated heterocycles. The number of aromatic nitrogens is 2. The smallest absolute Gasteiger partial charge is 0.274 e. The molecular formula is C24H28N4O4. The molecule has 5 rings (SSSR count). The van der Waals surface area contributed by atoms with E-state index in [9.17, 15) is 4.79 Å². The molecule has 1 aromatic carbocycles. The van der Waals surface area contributed by atoms with E-state index in [1.165, 1.54) is 5.69 Å². The zero-order chi connectivity index (χ0) is 22.1. The second-order valence-corrected chi connectivity index (χ2v) is 8.39. The van der Waals surface area contributed by atoms with Crippen LogP contribution in [0.1, 0.15) is 46.2 Å². The van der Waals surface area contributed by atoms with Crippen LogP contribution in [0.3, 0.4) is 0 Å². The minimum Gasteiger partial charge on any atom is -0.472 e. The number of nitrogens with zero attached hydrogens (tertiary/aromatic N) is 3. The SMILES string of the molecule is CCn1nc(C(=O)N(C)Cc2ccoc2)c2c1CCC(NCc1ccc3c(c1)OCO3)C2. The Hall–Kier alpha value is -3.26. The van der Waals surface area contributed by atoms with Gasteiger partial charge in [-0.3, -0.25) is 9.48 Å². The van der Waals surface area contributed by atoms with Crippen molar-refractivity contribution >= 4 is 5.91 Å². The highest BCUT2D eigenvalue weighted by Gasteiger charge is 2.30. The average molecular weight is 437 g/mol. The van der Waals surface area contributed by atoms with Crippen LogP contribution in [0.4, 0.5) is 0 Å². The van der Waals surface area contributed by atoms with Gasteiger partial charge in [-0.1, -0.05) is 6.07 Å². The summed E-state index contributed by atoms with van der Waals surface area (Å²) in [4.78, 5) is 14.9. The van der Waals surface area contributed by atoms with Crippen molar-refractivity contribution in [3.63, 3.8) is 0 Å². The van der Waals surface area contributed by atoms with E-state index < -0.39 is 0 Å². The van der Waals surface area contributed by atoms with E-state index >= 15 is 0 Å². The Morgan fingerprint density at radius 1 is 1.25 bits per heavy atom. The number of rotatable bonds is 7. The van der Waals surface area contributed by atoms with Crippen molar-refractivity contribution in [2.45, 2.75) is 51.9 Å². The van der Waals surface area contributed by atoms with Crippen LogP contribution in [-0.4, -0.2) is 40.5 Å². The van der Waals surface area contributed by atoms with Gasteiger partial charge in [-0.05, 0) is 49.9 Å². The first-order valence-electron chi connectivity index (χ1n) is 11.1. The molecule has 8 nitrogen and oxygen atoms in total. The molecular weight excluding hydrogens is 408 g/mol. The first-order chi connectivity index (χ1) is 15.6. The number of carbonyl (C=O) groups excluding carboxylic acids is 1. The molecule has 168 valence electrons. The van der Waals surface area contributed by atoms with Crippen molar-refractivity contribution in [1.29, 1.82) is 0 Å². The number of amides is 1. The predicted molar refractivity (Wildman–Crippen MR) is 118 cm³/mol.